The molecule has 0 N–H and O–H groups in total. The lowest BCUT2D eigenvalue weighted by molar-refractivity contribution is 0.356. The molecule has 182 valence electrons. The first-order chi connectivity index (χ1) is 16.2. The van der Waals surface area contributed by atoms with Gasteiger partial charge in [0.15, 0.2) is 0 Å². The Morgan fingerprint density at radius 1 is 0.853 bits per heavy atom. The van der Waals surface area contributed by atoms with Crippen LogP contribution >= 0.6 is 0 Å². The average molecular weight is 460 g/mol. The standard InChI is InChI=1S/C31H41NO2/c1-8-32-13-11-25-28(15-23(19(2)3)16-29(25)31(32)33)22(7)10-9-21(6)24-17-27(20(4)5)26-12-14-34-30(26)18-24/h11,13,15-22H,8-10,12,14H2,1-7H3. The molecule has 3 nitrogen and oxygen atoms in total. The van der Waals surface area contributed by atoms with E-state index in [1.54, 1.807) is 0 Å². The molecule has 0 fully saturated rings. The summed E-state index contributed by atoms with van der Waals surface area (Å²) in [4.78, 5) is 13.1. The molecule has 2 aromatic carbocycles. The zero-order valence-electron chi connectivity index (χ0n) is 22.1. The van der Waals surface area contributed by atoms with Crippen molar-refractivity contribution in [1.29, 1.82) is 0 Å². The summed E-state index contributed by atoms with van der Waals surface area (Å²) in [6, 6.07) is 11.3. The fourth-order valence-electron chi connectivity index (χ4n) is 5.41. The van der Waals surface area contributed by atoms with Crippen molar-refractivity contribution in [3.05, 3.63) is 74.7 Å². The molecule has 0 radical (unpaired) electrons. The zero-order valence-corrected chi connectivity index (χ0v) is 22.1. The summed E-state index contributed by atoms with van der Waals surface area (Å²) in [5.74, 6) is 2.86. The number of ether oxygens (including phenoxy) is 1. The van der Waals surface area contributed by atoms with Crippen molar-refractivity contribution in [1.82, 2.24) is 4.57 Å². The molecule has 3 aromatic rings. The Hall–Kier alpha value is -2.55. The minimum absolute atomic E-state index is 0.128. The number of rotatable bonds is 8. The van der Waals surface area contributed by atoms with Crippen LogP contribution in [-0.4, -0.2) is 11.2 Å². The third-order valence-corrected chi connectivity index (χ3v) is 7.78. The van der Waals surface area contributed by atoms with Gasteiger partial charge in [-0.25, -0.2) is 0 Å². The van der Waals surface area contributed by atoms with Crippen LogP contribution in [0.15, 0.2) is 41.3 Å². The number of aryl methyl sites for hydroxylation is 1. The molecule has 2 unspecified atom stereocenters. The van der Waals surface area contributed by atoms with Gasteiger partial charge in [-0.2, -0.15) is 0 Å². The van der Waals surface area contributed by atoms with Gasteiger partial charge in [-0.15, -0.1) is 0 Å². The van der Waals surface area contributed by atoms with E-state index in [1.807, 2.05) is 17.7 Å². The van der Waals surface area contributed by atoms with E-state index in [-0.39, 0.29) is 5.56 Å². The Morgan fingerprint density at radius 3 is 2.24 bits per heavy atom. The fraction of sp³-hybridized carbons (Fsp3) is 0.516. The first-order valence-electron chi connectivity index (χ1n) is 13.2. The summed E-state index contributed by atoms with van der Waals surface area (Å²) in [6.45, 7) is 17.2. The molecule has 3 heteroatoms. The SMILES string of the molecule is CCn1ccc2c(C(C)CCC(C)c3cc4c(c(C(C)C)c3)CCO4)cc(C(C)C)cc2c1=O. The quantitative estimate of drug-likeness (QED) is 0.343. The second-order valence-corrected chi connectivity index (χ2v) is 10.9. The first kappa shape index (κ1) is 24.6. The van der Waals surface area contributed by atoms with Gasteiger partial charge in [-0.05, 0) is 89.3 Å². The number of hydrogen-bond donors (Lipinski definition) is 0. The van der Waals surface area contributed by atoms with Crippen LogP contribution in [0.5, 0.6) is 5.75 Å². The highest BCUT2D eigenvalue weighted by Gasteiger charge is 2.22. The maximum Gasteiger partial charge on any atom is 0.258 e. The molecule has 4 rings (SSSR count). The number of hydrogen-bond acceptors (Lipinski definition) is 2. The minimum Gasteiger partial charge on any atom is -0.493 e. The summed E-state index contributed by atoms with van der Waals surface area (Å²) in [6.07, 6.45) is 5.19. The molecule has 2 atom stereocenters. The molecular formula is C31H41NO2. The van der Waals surface area contributed by atoms with Crippen LogP contribution in [0.1, 0.15) is 113 Å². The van der Waals surface area contributed by atoms with Gasteiger partial charge in [0.2, 0.25) is 0 Å². The van der Waals surface area contributed by atoms with E-state index < -0.39 is 0 Å². The lowest BCUT2D eigenvalue weighted by Gasteiger charge is -2.21. The monoisotopic (exact) mass is 459 g/mol. The van der Waals surface area contributed by atoms with Gasteiger partial charge in [0.05, 0.1) is 6.61 Å². The lowest BCUT2D eigenvalue weighted by atomic mass is 9.84. The second kappa shape index (κ2) is 9.98. The van der Waals surface area contributed by atoms with Crippen molar-refractivity contribution in [2.75, 3.05) is 6.61 Å². The predicted molar refractivity (Wildman–Crippen MR) is 144 cm³/mol. The zero-order chi connectivity index (χ0) is 24.6. The summed E-state index contributed by atoms with van der Waals surface area (Å²) < 4.78 is 7.77. The fourth-order valence-corrected chi connectivity index (χ4v) is 5.41. The first-order valence-corrected chi connectivity index (χ1v) is 13.2. The molecule has 0 spiro atoms. The average Bonchev–Trinajstić information content (AvgIpc) is 3.30. The Morgan fingerprint density at radius 2 is 1.56 bits per heavy atom. The number of fused-ring (bicyclic) bond motifs is 2. The molecule has 0 amide bonds. The molecule has 0 bridgehead atoms. The van der Waals surface area contributed by atoms with E-state index in [1.165, 1.54) is 27.8 Å². The molecule has 1 aliphatic heterocycles. The Bertz CT molecular complexity index is 1230. The molecule has 1 aromatic heterocycles. The van der Waals surface area contributed by atoms with Crippen LogP contribution in [-0.2, 0) is 13.0 Å². The van der Waals surface area contributed by atoms with Crippen LogP contribution in [0.4, 0.5) is 0 Å². The largest absolute Gasteiger partial charge is 0.493 e. The van der Waals surface area contributed by atoms with Gasteiger partial charge in [0.25, 0.3) is 5.56 Å². The highest BCUT2D eigenvalue weighted by molar-refractivity contribution is 5.86. The molecule has 0 saturated carbocycles. The predicted octanol–water partition coefficient (Wildman–Crippen LogP) is 7.89. The van der Waals surface area contributed by atoms with Crippen LogP contribution in [0.2, 0.25) is 0 Å². The number of nitrogens with zero attached hydrogens (tertiary/aromatic N) is 1. The number of aromatic nitrogens is 1. The van der Waals surface area contributed by atoms with Crippen LogP contribution < -0.4 is 10.3 Å². The van der Waals surface area contributed by atoms with Gasteiger partial charge in [0.1, 0.15) is 5.75 Å². The lowest BCUT2D eigenvalue weighted by Crippen LogP contribution is -2.19. The minimum atomic E-state index is 0.128. The summed E-state index contributed by atoms with van der Waals surface area (Å²) in [7, 11) is 0. The van der Waals surface area contributed by atoms with Gasteiger partial charge < -0.3 is 9.30 Å². The second-order valence-electron chi connectivity index (χ2n) is 10.9. The van der Waals surface area contributed by atoms with E-state index in [9.17, 15) is 4.79 Å². The van der Waals surface area contributed by atoms with Crippen molar-refractivity contribution in [3.8, 4) is 5.75 Å². The highest BCUT2D eigenvalue weighted by atomic mass is 16.5. The highest BCUT2D eigenvalue weighted by Crippen LogP contribution is 2.38. The van der Waals surface area contributed by atoms with Crippen LogP contribution in [0.3, 0.4) is 0 Å². The number of benzene rings is 2. The van der Waals surface area contributed by atoms with Crippen molar-refractivity contribution < 1.29 is 4.74 Å². The van der Waals surface area contributed by atoms with E-state index in [4.69, 9.17) is 4.74 Å². The van der Waals surface area contributed by atoms with Crippen molar-refractivity contribution in [2.45, 2.75) is 97.9 Å². The van der Waals surface area contributed by atoms with Gasteiger partial charge in [0, 0.05) is 30.1 Å². The molecular weight excluding hydrogens is 418 g/mol. The van der Waals surface area contributed by atoms with Crippen molar-refractivity contribution in [3.63, 3.8) is 0 Å². The maximum atomic E-state index is 13.1. The normalized spacial score (nSPS) is 15.1. The molecule has 0 saturated heterocycles. The third-order valence-electron chi connectivity index (χ3n) is 7.78. The molecule has 0 aliphatic carbocycles. The van der Waals surface area contributed by atoms with Crippen molar-refractivity contribution >= 4 is 10.8 Å². The van der Waals surface area contributed by atoms with Crippen molar-refractivity contribution in [2.24, 2.45) is 0 Å². The molecule has 2 heterocycles. The van der Waals surface area contributed by atoms with Gasteiger partial charge in [-0.3, -0.25) is 4.79 Å². The van der Waals surface area contributed by atoms with Crippen LogP contribution in [0.25, 0.3) is 10.8 Å². The van der Waals surface area contributed by atoms with Gasteiger partial charge in [-0.1, -0.05) is 53.7 Å². The van der Waals surface area contributed by atoms with Gasteiger partial charge >= 0.3 is 0 Å². The topological polar surface area (TPSA) is 31.2 Å². The van der Waals surface area contributed by atoms with E-state index in [2.05, 4.69) is 71.9 Å². The number of pyridine rings is 1. The van der Waals surface area contributed by atoms with E-state index >= 15 is 0 Å². The summed E-state index contributed by atoms with van der Waals surface area (Å²) in [5, 5.41) is 1.98. The Kier molecular flexibility index (Phi) is 7.21. The Labute approximate surface area is 205 Å². The third kappa shape index (κ3) is 4.67. The Balaban J connectivity index is 1.61. The smallest absolute Gasteiger partial charge is 0.258 e. The van der Waals surface area contributed by atoms with Crippen LogP contribution in [0, 0.1) is 0 Å². The molecule has 1 aliphatic rings. The maximum absolute atomic E-state index is 13.1. The van der Waals surface area contributed by atoms with E-state index in [0.717, 1.165) is 42.4 Å². The molecule has 34 heavy (non-hydrogen) atoms. The summed E-state index contributed by atoms with van der Waals surface area (Å²) in [5.41, 5.74) is 6.95. The summed E-state index contributed by atoms with van der Waals surface area (Å²) >= 11 is 0. The van der Waals surface area contributed by atoms with E-state index in [0.29, 0.717) is 30.2 Å².